The van der Waals surface area contributed by atoms with E-state index in [2.05, 4.69) is 5.32 Å². The van der Waals surface area contributed by atoms with Crippen LogP contribution in [0.5, 0.6) is 0 Å². The normalized spacial score (nSPS) is 19.2. The highest BCUT2D eigenvalue weighted by Crippen LogP contribution is 2.34. The lowest BCUT2D eigenvalue weighted by molar-refractivity contribution is -0.0360. The fourth-order valence-electron chi connectivity index (χ4n) is 2.12. The van der Waals surface area contributed by atoms with E-state index in [1.165, 1.54) is 12.1 Å². The first-order chi connectivity index (χ1) is 8.50. The van der Waals surface area contributed by atoms with Crippen molar-refractivity contribution >= 4 is 5.69 Å². The highest BCUT2D eigenvalue weighted by atomic mass is 19.3. The summed E-state index contributed by atoms with van der Waals surface area (Å²) in [6, 6.07) is 5.88. The van der Waals surface area contributed by atoms with Crippen LogP contribution in [0.1, 0.15) is 31.2 Å². The maximum absolute atomic E-state index is 13.3. The van der Waals surface area contributed by atoms with E-state index in [1.807, 2.05) is 0 Å². The molecule has 0 unspecified atom stereocenters. The maximum atomic E-state index is 13.3. The van der Waals surface area contributed by atoms with Crippen LogP contribution in [0.25, 0.3) is 0 Å². The highest BCUT2D eigenvalue weighted by molar-refractivity contribution is 5.48. The molecule has 5 heteroatoms. The van der Waals surface area contributed by atoms with Gasteiger partial charge in [0.05, 0.1) is 5.56 Å². The molecule has 1 N–H and O–H groups in total. The van der Waals surface area contributed by atoms with Crippen LogP contribution in [0, 0.1) is 17.1 Å². The van der Waals surface area contributed by atoms with Crippen LogP contribution in [0.15, 0.2) is 18.2 Å². The number of hydrogen-bond donors (Lipinski definition) is 1. The molecular weight excluding hydrogens is 241 g/mol. The molecule has 96 valence electrons. The third kappa shape index (κ3) is 2.95. The lowest BCUT2D eigenvalue weighted by Gasteiger charge is -2.29. The fraction of sp³-hybridized carbons (Fsp3) is 0.462. The second-order valence-electron chi connectivity index (χ2n) is 4.58. The summed E-state index contributed by atoms with van der Waals surface area (Å²) < 4.78 is 39.3. The largest absolute Gasteiger partial charge is 0.382 e. The monoisotopic (exact) mass is 254 g/mol. The van der Waals surface area contributed by atoms with E-state index < -0.39 is 11.7 Å². The lowest BCUT2D eigenvalue weighted by atomic mass is 9.92. The van der Waals surface area contributed by atoms with Gasteiger partial charge in [0.1, 0.15) is 11.9 Å². The Morgan fingerprint density at radius 3 is 2.50 bits per heavy atom. The molecule has 2 nitrogen and oxygen atoms in total. The first-order valence-electron chi connectivity index (χ1n) is 5.84. The average molecular weight is 254 g/mol. The summed E-state index contributed by atoms with van der Waals surface area (Å²) in [4.78, 5) is 0. The van der Waals surface area contributed by atoms with E-state index in [1.54, 1.807) is 12.1 Å². The Labute approximate surface area is 103 Å². The molecule has 0 saturated heterocycles. The third-order valence-corrected chi connectivity index (χ3v) is 3.18. The topological polar surface area (TPSA) is 35.8 Å². The van der Waals surface area contributed by atoms with Crippen LogP contribution in [0.4, 0.5) is 18.9 Å². The summed E-state index contributed by atoms with van der Waals surface area (Å²) in [5, 5.41) is 11.6. The van der Waals surface area contributed by atoms with E-state index in [0.717, 1.165) is 0 Å². The Hall–Kier alpha value is -1.70. The third-order valence-electron chi connectivity index (χ3n) is 3.18. The van der Waals surface area contributed by atoms with Crippen molar-refractivity contribution in [2.45, 2.75) is 37.6 Å². The Morgan fingerprint density at radius 2 is 1.94 bits per heavy atom. The Bertz CT molecular complexity index is 470. The molecule has 0 heterocycles. The molecule has 0 atom stereocenters. The number of nitriles is 1. The van der Waals surface area contributed by atoms with Crippen molar-refractivity contribution in [2.75, 3.05) is 5.32 Å². The summed E-state index contributed by atoms with van der Waals surface area (Å²) in [5.41, 5.74) is 0.512. The van der Waals surface area contributed by atoms with Gasteiger partial charge in [0, 0.05) is 24.6 Å². The van der Waals surface area contributed by atoms with E-state index in [0.29, 0.717) is 18.5 Å². The summed E-state index contributed by atoms with van der Waals surface area (Å²) >= 11 is 0. The molecule has 2 rings (SSSR count). The van der Waals surface area contributed by atoms with Crippen LogP contribution < -0.4 is 5.32 Å². The van der Waals surface area contributed by atoms with Crippen LogP contribution in [-0.2, 0) is 0 Å². The van der Waals surface area contributed by atoms with Crippen LogP contribution in [0.3, 0.4) is 0 Å². The van der Waals surface area contributed by atoms with Gasteiger partial charge in [0.15, 0.2) is 0 Å². The minimum atomic E-state index is -2.56. The zero-order chi connectivity index (χ0) is 13.2. The molecule has 0 aliphatic heterocycles. The molecule has 1 saturated carbocycles. The van der Waals surface area contributed by atoms with Crippen LogP contribution >= 0.6 is 0 Å². The minimum absolute atomic E-state index is 0.0178. The molecule has 0 aromatic heterocycles. The van der Waals surface area contributed by atoms with Crippen molar-refractivity contribution in [1.29, 1.82) is 5.26 Å². The SMILES string of the molecule is N#Cc1ccc(NC2CCC(F)(F)CC2)cc1F. The second kappa shape index (κ2) is 4.89. The minimum Gasteiger partial charge on any atom is -0.382 e. The summed E-state index contributed by atoms with van der Waals surface area (Å²) in [6.07, 6.45) is 0.468. The van der Waals surface area contributed by atoms with Crippen LogP contribution in [-0.4, -0.2) is 12.0 Å². The number of nitrogens with one attached hydrogen (secondary N) is 1. The summed E-state index contributed by atoms with van der Waals surface area (Å²) in [5.74, 6) is -3.16. The van der Waals surface area contributed by atoms with Crippen molar-refractivity contribution in [1.82, 2.24) is 0 Å². The van der Waals surface area contributed by atoms with Gasteiger partial charge in [-0.05, 0) is 31.0 Å². The molecule has 1 aliphatic carbocycles. The molecule has 1 aromatic rings. The van der Waals surface area contributed by atoms with Gasteiger partial charge in [-0.3, -0.25) is 0 Å². The maximum Gasteiger partial charge on any atom is 0.248 e. The Kier molecular flexibility index (Phi) is 3.46. The molecule has 1 fully saturated rings. The van der Waals surface area contributed by atoms with Crippen LogP contribution in [0.2, 0.25) is 0 Å². The van der Waals surface area contributed by atoms with E-state index >= 15 is 0 Å². The highest BCUT2D eigenvalue weighted by Gasteiger charge is 2.34. The lowest BCUT2D eigenvalue weighted by Crippen LogP contribution is -2.32. The van der Waals surface area contributed by atoms with Crippen molar-refractivity contribution in [3.63, 3.8) is 0 Å². The van der Waals surface area contributed by atoms with E-state index in [-0.39, 0.29) is 24.4 Å². The molecule has 1 aromatic carbocycles. The van der Waals surface area contributed by atoms with Gasteiger partial charge in [0.2, 0.25) is 5.92 Å². The predicted molar refractivity (Wildman–Crippen MR) is 61.9 cm³/mol. The molecule has 0 bridgehead atoms. The zero-order valence-electron chi connectivity index (χ0n) is 9.72. The zero-order valence-corrected chi connectivity index (χ0v) is 9.72. The standard InChI is InChI=1S/C13H13F3N2/c14-12-7-11(2-1-9(12)8-17)18-10-3-5-13(15,16)6-4-10/h1-2,7,10,18H,3-6H2. The Balaban J connectivity index is 1.99. The average Bonchev–Trinajstić information content (AvgIpc) is 2.32. The van der Waals surface area contributed by atoms with Crippen molar-refractivity contribution in [2.24, 2.45) is 0 Å². The number of benzene rings is 1. The number of hydrogen-bond acceptors (Lipinski definition) is 2. The second-order valence-corrected chi connectivity index (χ2v) is 4.58. The summed E-state index contributed by atoms with van der Waals surface area (Å²) in [6.45, 7) is 0. The molecule has 0 spiro atoms. The summed E-state index contributed by atoms with van der Waals surface area (Å²) in [7, 11) is 0. The number of halogens is 3. The fourth-order valence-corrected chi connectivity index (χ4v) is 2.12. The molecule has 0 amide bonds. The smallest absolute Gasteiger partial charge is 0.248 e. The number of alkyl halides is 2. The number of anilines is 1. The molecular formula is C13H13F3N2. The Morgan fingerprint density at radius 1 is 1.28 bits per heavy atom. The number of nitrogens with zero attached hydrogens (tertiary/aromatic N) is 1. The molecule has 18 heavy (non-hydrogen) atoms. The van der Waals surface area contributed by atoms with Gasteiger partial charge >= 0.3 is 0 Å². The van der Waals surface area contributed by atoms with Crippen molar-refractivity contribution < 1.29 is 13.2 Å². The predicted octanol–water partition coefficient (Wildman–Crippen LogP) is 3.69. The van der Waals surface area contributed by atoms with Gasteiger partial charge in [-0.15, -0.1) is 0 Å². The number of rotatable bonds is 2. The molecule has 0 radical (unpaired) electrons. The van der Waals surface area contributed by atoms with E-state index in [4.69, 9.17) is 5.26 Å². The first-order valence-corrected chi connectivity index (χ1v) is 5.84. The van der Waals surface area contributed by atoms with Gasteiger partial charge in [-0.2, -0.15) is 5.26 Å². The van der Waals surface area contributed by atoms with Gasteiger partial charge in [0.25, 0.3) is 0 Å². The molecule has 1 aliphatic rings. The first kappa shape index (κ1) is 12.7. The van der Waals surface area contributed by atoms with Gasteiger partial charge < -0.3 is 5.32 Å². The van der Waals surface area contributed by atoms with E-state index in [9.17, 15) is 13.2 Å². The van der Waals surface area contributed by atoms with Crippen molar-refractivity contribution in [3.05, 3.63) is 29.6 Å². The quantitative estimate of drug-likeness (QED) is 0.873. The van der Waals surface area contributed by atoms with Crippen molar-refractivity contribution in [3.8, 4) is 6.07 Å². The van der Waals surface area contributed by atoms with Gasteiger partial charge in [-0.25, -0.2) is 13.2 Å². The van der Waals surface area contributed by atoms with Gasteiger partial charge in [-0.1, -0.05) is 0 Å².